The number of aryl methyl sites for hydroxylation is 1. The number of halogens is 1. The fourth-order valence-corrected chi connectivity index (χ4v) is 0.915. The number of rotatable bonds is 0. The lowest BCUT2D eigenvalue weighted by atomic mass is 10.2. The van der Waals surface area contributed by atoms with Crippen LogP contribution in [0.15, 0.2) is 22.7 Å². The Morgan fingerprint density at radius 3 is 1.65 bits per heavy atom. The van der Waals surface area contributed by atoms with Crippen LogP contribution in [0.4, 0.5) is 5.69 Å². The van der Waals surface area contributed by atoms with Crippen molar-refractivity contribution in [3.05, 3.63) is 28.2 Å². The molecule has 1 rings (SSSR count). The Hall–Kier alpha value is -0.580. The minimum Gasteiger partial charge on any atom is -0.399 e. The summed E-state index contributed by atoms with van der Waals surface area (Å²) in [6.45, 7) is 8.90. The maximum atomic E-state index is 8.06. The Balaban J connectivity index is 0. The molecule has 0 atom stereocenters. The SMILES string of the molecule is CC(C)O.CC(C)O.Cc1cc(N)ccc1Br. The van der Waals surface area contributed by atoms with Crippen molar-refractivity contribution in [2.45, 2.75) is 46.8 Å². The van der Waals surface area contributed by atoms with Crippen LogP contribution in [0.3, 0.4) is 0 Å². The Morgan fingerprint density at radius 2 is 1.41 bits per heavy atom. The molecule has 0 bridgehead atoms. The van der Waals surface area contributed by atoms with Gasteiger partial charge < -0.3 is 15.9 Å². The number of nitrogens with two attached hydrogens (primary N) is 1. The van der Waals surface area contributed by atoms with Crippen LogP contribution in [0.25, 0.3) is 0 Å². The molecule has 3 nitrogen and oxygen atoms in total. The molecule has 0 saturated carbocycles. The number of aliphatic hydroxyl groups is 2. The summed E-state index contributed by atoms with van der Waals surface area (Å²) in [7, 11) is 0. The monoisotopic (exact) mass is 305 g/mol. The molecule has 0 spiro atoms. The molecule has 1 aromatic carbocycles. The molecule has 0 aliphatic carbocycles. The molecule has 4 N–H and O–H groups in total. The maximum Gasteiger partial charge on any atom is 0.0483 e. The Morgan fingerprint density at radius 1 is 1.06 bits per heavy atom. The predicted octanol–water partition coefficient (Wildman–Crippen LogP) is 3.11. The van der Waals surface area contributed by atoms with E-state index in [0.29, 0.717) is 0 Å². The topological polar surface area (TPSA) is 66.5 Å². The first-order chi connectivity index (χ1) is 7.66. The average Bonchev–Trinajstić information content (AvgIpc) is 2.10. The van der Waals surface area contributed by atoms with Gasteiger partial charge >= 0.3 is 0 Å². The Labute approximate surface area is 113 Å². The minimum absolute atomic E-state index is 0.167. The van der Waals surface area contributed by atoms with E-state index in [-0.39, 0.29) is 12.2 Å². The van der Waals surface area contributed by atoms with Crippen molar-refractivity contribution in [2.75, 3.05) is 5.73 Å². The fraction of sp³-hybridized carbons (Fsp3) is 0.538. The maximum absolute atomic E-state index is 8.06. The second kappa shape index (κ2) is 10.6. The quantitative estimate of drug-likeness (QED) is 0.645. The van der Waals surface area contributed by atoms with E-state index in [1.54, 1.807) is 27.7 Å². The first kappa shape index (κ1) is 18.8. The fourth-order valence-electron chi connectivity index (χ4n) is 0.668. The van der Waals surface area contributed by atoms with Crippen LogP contribution in [-0.2, 0) is 0 Å². The summed E-state index contributed by atoms with van der Waals surface area (Å²) in [5, 5.41) is 16.1. The van der Waals surface area contributed by atoms with Crippen molar-refractivity contribution in [3.8, 4) is 0 Å². The van der Waals surface area contributed by atoms with Crippen LogP contribution in [0.2, 0.25) is 0 Å². The van der Waals surface area contributed by atoms with Gasteiger partial charge in [0.05, 0.1) is 0 Å². The third kappa shape index (κ3) is 18.0. The summed E-state index contributed by atoms with van der Waals surface area (Å²) in [5.41, 5.74) is 7.50. The number of nitrogen functional groups attached to an aromatic ring is 1. The lowest BCUT2D eigenvalue weighted by molar-refractivity contribution is 0.215. The number of anilines is 1. The minimum atomic E-state index is -0.167. The molecular weight excluding hydrogens is 282 g/mol. The molecule has 17 heavy (non-hydrogen) atoms. The first-order valence-electron chi connectivity index (χ1n) is 5.54. The van der Waals surface area contributed by atoms with Gasteiger partial charge in [-0.2, -0.15) is 0 Å². The molecule has 0 unspecified atom stereocenters. The molecule has 100 valence electrons. The standard InChI is InChI=1S/C7H8BrN.2C3H8O/c1-5-4-6(9)2-3-7(5)8;2*1-3(2)4/h2-4H,9H2,1H3;2*3-4H,1-2H3. The van der Waals surface area contributed by atoms with Gasteiger partial charge in [-0.05, 0) is 58.4 Å². The summed E-state index contributed by atoms with van der Waals surface area (Å²) in [6, 6.07) is 5.76. The zero-order valence-corrected chi connectivity index (χ0v) is 12.8. The van der Waals surface area contributed by atoms with E-state index < -0.39 is 0 Å². The summed E-state index contributed by atoms with van der Waals surface area (Å²) < 4.78 is 1.11. The average molecular weight is 306 g/mol. The molecule has 4 heteroatoms. The van der Waals surface area contributed by atoms with Crippen LogP contribution >= 0.6 is 15.9 Å². The highest BCUT2D eigenvalue weighted by molar-refractivity contribution is 9.10. The van der Waals surface area contributed by atoms with Gasteiger partial charge in [-0.1, -0.05) is 15.9 Å². The molecular formula is C13H24BrNO2. The second-order valence-electron chi connectivity index (χ2n) is 4.20. The smallest absolute Gasteiger partial charge is 0.0483 e. The molecule has 0 aliphatic rings. The summed E-state index contributed by atoms with van der Waals surface area (Å²) in [4.78, 5) is 0. The highest BCUT2D eigenvalue weighted by Gasteiger charge is 1.91. The molecule has 0 aliphatic heterocycles. The molecule has 0 amide bonds. The van der Waals surface area contributed by atoms with Crippen molar-refractivity contribution >= 4 is 21.6 Å². The van der Waals surface area contributed by atoms with Crippen LogP contribution < -0.4 is 5.73 Å². The Bertz CT molecular complexity index is 290. The lowest BCUT2D eigenvalue weighted by Gasteiger charge is -1.96. The normalized spacial score (nSPS) is 9.29. The van der Waals surface area contributed by atoms with E-state index in [0.717, 1.165) is 10.2 Å². The van der Waals surface area contributed by atoms with Gasteiger partial charge in [0.15, 0.2) is 0 Å². The molecule has 0 saturated heterocycles. The molecule has 1 aromatic rings. The van der Waals surface area contributed by atoms with Crippen LogP contribution in [0, 0.1) is 6.92 Å². The third-order valence-electron chi connectivity index (χ3n) is 1.18. The van der Waals surface area contributed by atoms with Crippen molar-refractivity contribution in [1.82, 2.24) is 0 Å². The van der Waals surface area contributed by atoms with Crippen molar-refractivity contribution in [1.29, 1.82) is 0 Å². The van der Waals surface area contributed by atoms with E-state index in [4.69, 9.17) is 15.9 Å². The molecule has 0 fully saturated rings. The van der Waals surface area contributed by atoms with E-state index in [9.17, 15) is 0 Å². The highest BCUT2D eigenvalue weighted by Crippen LogP contribution is 2.17. The van der Waals surface area contributed by atoms with Gasteiger partial charge in [-0.25, -0.2) is 0 Å². The first-order valence-corrected chi connectivity index (χ1v) is 6.33. The van der Waals surface area contributed by atoms with Crippen molar-refractivity contribution in [3.63, 3.8) is 0 Å². The molecule has 0 aromatic heterocycles. The van der Waals surface area contributed by atoms with Crippen LogP contribution in [0.5, 0.6) is 0 Å². The van der Waals surface area contributed by atoms with Crippen molar-refractivity contribution < 1.29 is 10.2 Å². The number of hydrogen-bond donors (Lipinski definition) is 3. The van der Waals surface area contributed by atoms with Gasteiger partial charge in [-0.15, -0.1) is 0 Å². The van der Waals surface area contributed by atoms with Crippen LogP contribution in [-0.4, -0.2) is 22.4 Å². The van der Waals surface area contributed by atoms with Gasteiger partial charge in [0.25, 0.3) is 0 Å². The van der Waals surface area contributed by atoms with Gasteiger partial charge in [0, 0.05) is 22.4 Å². The highest BCUT2D eigenvalue weighted by atomic mass is 79.9. The number of hydrogen-bond acceptors (Lipinski definition) is 3. The van der Waals surface area contributed by atoms with Crippen LogP contribution in [0.1, 0.15) is 33.3 Å². The van der Waals surface area contributed by atoms with E-state index in [2.05, 4.69) is 15.9 Å². The van der Waals surface area contributed by atoms with E-state index in [1.165, 1.54) is 5.56 Å². The zero-order chi connectivity index (χ0) is 14.0. The zero-order valence-electron chi connectivity index (χ0n) is 11.2. The number of aliphatic hydroxyl groups excluding tert-OH is 2. The summed E-state index contributed by atoms with van der Waals surface area (Å²) in [5.74, 6) is 0. The van der Waals surface area contributed by atoms with E-state index in [1.807, 2.05) is 25.1 Å². The predicted molar refractivity (Wildman–Crippen MR) is 78.0 cm³/mol. The summed E-state index contributed by atoms with van der Waals surface area (Å²) in [6.07, 6.45) is -0.333. The largest absolute Gasteiger partial charge is 0.399 e. The third-order valence-corrected chi connectivity index (χ3v) is 2.07. The second-order valence-corrected chi connectivity index (χ2v) is 5.05. The summed E-state index contributed by atoms with van der Waals surface area (Å²) >= 11 is 3.37. The van der Waals surface area contributed by atoms with Gasteiger partial charge in [-0.3, -0.25) is 0 Å². The number of benzene rings is 1. The van der Waals surface area contributed by atoms with Gasteiger partial charge in [0.2, 0.25) is 0 Å². The Kier molecular flexibility index (Phi) is 11.7. The lowest BCUT2D eigenvalue weighted by Crippen LogP contribution is -1.85. The molecule has 0 heterocycles. The van der Waals surface area contributed by atoms with Crippen molar-refractivity contribution in [2.24, 2.45) is 0 Å². The molecule has 0 radical (unpaired) electrons. The van der Waals surface area contributed by atoms with Gasteiger partial charge in [0.1, 0.15) is 0 Å². The van der Waals surface area contributed by atoms with E-state index >= 15 is 0 Å².